The number of rotatable bonds is 4. The average molecular weight is 354 g/mol. The molecule has 1 fully saturated rings. The zero-order chi connectivity index (χ0) is 18.5. The molecule has 6 heteroatoms. The Balaban J connectivity index is 1.55. The zero-order valence-electron chi connectivity index (χ0n) is 15.4. The van der Waals surface area contributed by atoms with Gasteiger partial charge in [-0.05, 0) is 25.3 Å². The lowest BCUT2D eigenvalue weighted by molar-refractivity contribution is -0.123. The van der Waals surface area contributed by atoms with E-state index in [1.54, 1.807) is 4.90 Å². The molecule has 0 saturated carbocycles. The highest BCUT2D eigenvalue weighted by Gasteiger charge is 2.22. The molecule has 2 aromatic rings. The lowest BCUT2D eigenvalue weighted by Gasteiger charge is -2.34. The molecule has 1 aliphatic heterocycles. The number of hydrogen-bond acceptors (Lipinski definition) is 3. The molecule has 0 spiro atoms. The van der Waals surface area contributed by atoms with Crippen LogP contribution in [0.25, 0.3) is 10.8 Å². The Hall–Kier alpha value is -2.60. The van der Waals surface area contributed by atoms with Crippen LogP contribution < -0.4 is 10.6 Å². The second-order valence-electron chi connectivity index (χ2n) is 6.94. The quantitative estimate of drug-likeness (QED) is 0.887. The number of hydrogen-bond donors (Lipinski definition) is 2. The summed E-state index contributed by atoms with van der Waals surface area (Å²) in [6.45, 7) is 6.93. The van der Waals surface area contributed by atoms with Crippen molar-refractivity contribution in [1.29, 1.82) is 0 Å². The molecular formula is C20H26N4O2. The van der Waals surface area contributed by atoms with E-state index in [1.165, 1.54) is 0 Å². The molecule has 0 aromatic heterocycles. The summed E-state index contributed by atoms with van der Waals surface area (Å²) in [4.78, 5) is 28.3. The maximum Gasteiger partial charge on any atom is 0.321 e. The Morgan fingerprint density at radius 1 is 1.00 bits per heavy atom. The molecule has 138 valence electrons. The fourth-order valence-corrected chi connectivity index (χ4v) is 3.21. The van der Waals surface area contributed by atoms with E-state index in [2.05, 4.69) is 15.5 Å². The first-order valence-electron chi connectivity index (χ1n) is 9.08. The second-order valence-corrected chi connectivity index (χ2v) is 6.94. The van der Waals surface area contributed by atoms with Crippen molar-refractivity contribution in [2.24, 2.45) is 0 Å². The van der Waals surface area contributed by atoms with Gasteiger partial charge < -0.3 is 15.5 Å². The van der Waals surface area contributed by atoms with E-state index in [0.717, 1.165) is 16.5 Å². The molecule has 6 nitrogen and oxygen atoms in total. The van der Waals surface area contributed by atoms with Gasteiger partial charge >= 0.3 is 6.03 Å². The van der Waals surface area contributed by atoms with Gasteiger partial charge in [-0.3, -0.25) is 9.69 Å². The predicted molar refractivity (Wildman–Crippen MR) is 104 cm³/mol. The minimum Gasteiger partial charge on any atom is -0.353 e. The number of fused-ring (bicyclic) bond motifs is 1. The highest BCUT2D eigenvalue weighted by molar-refractivity contribution is 6.01. The van der Waals surface area contributed by atoms with Crippen LogP contribution in [-0.2, 0) is 4.79 Å². The number of nitrogens with zero attached hydrogens (tertiary/aromatic N) is 2. The van der Waals surface area contributed by atoms with Gasteiger partial charge in [-0.15, -0.1) is 0 Å². The minimum absolute atomic E-state index is 0.0358. The number of anilines is 1. The van der Waals surface area contributed by atoms with E-state index in [0.29, 0.717) is 32.7 Å². The van der Waals surface area contributed by atoms with Crippen LogP contribution in [0.3, 0.4) is 0 Å². The second kappa shape index (κ2) is 8.19. The van der Waals surface area contributed by atoms with E-state index in [9.17, 15) is 9.59 Å². The number of carbonyl (C=O) groups excluding carboxylic acids is 2. The molecule has 1 heterocycles. The lowest BCUT2D eigenvalue weighted by atomic mass is 10.1. The molecule has 0 bridgehead atoms. The van der Waals surface area contributed by atoms with Gasteiger partial charge in [0.25, 0.3) is 0 Å². The van der Waals surface area contributed by atoms with E-state index in [4.69, 9.17) is 0 Å². The smallest absolute Gasteiger partial charge is 0.321 e. The molecular weight excluding hydrogens is 328 g/mol. The van der Waals surface area contributed by atoms with Crippen molar-refractivity contribution in [2.75, 3.05) is 38.0 Å². The molecule has 0 atom stereocenters. The Morgan fingerprint density at radius 2 is 1.69 bits per heavy atom. The van der Waals surface area contributed by atoms with Crippen LogP contribution in [0.15, 0.2) is 42.5 Å². The maximum absolute atomic E-state index is 12.6. The Labute approximate surface area is 154 Å². The third kappa shape index (κ3) is 4.52. The van der Waals surface area contributed by atoms with Crippen molar-refractivity contribution in [3.63, 3.8) is 0 Å². The van der Waals surface area contributed by atoms with Gasteiger partial charge in [0.05, 0.1) is 12.2 Å². The van der Waals surface area contributed by atoms with Gasteiger partial charge in [0.2, 0.25) is 5.91 Å². The minimum atomic E-state index is -0.0902. The van der Waals surface area contributed by atoms with Crippen LogP contribution >= 0.6 is 0 Å². The largest absolute Gasteiger partial charge is 0.353 e. The Morgan fingerprint density at radius 3 is 2.42 bits per heavy atom. The summed E-state index contributed by atoms with van der Waals surface area (Å²) < 4.78 is 0. The molecule has 2 N–H and O–H groups in total. The average Bonchev–Trinajstić information content (AvgIpc) is 2.62. The third-order valence-electron chi connectivity index (χ3n) is 4.51. The maximum atomic E-state index is 12.6. The molecule has 3 rings (SSSR count). The molecule has 26 heavy (non-hydrogen) atoms. The van der Waals surface area contributed by atoms with Crippen molar-refractivity contribution < 1.29 is 9.59 Å². The van der Waals surface area contributed by atoms with Crippen LogP contribution in [0.4, 0.5) is 10.5 Å². The van der Waals surface area contributed by atoms with E-state index >= 15 is 0 Å². The van der Waals surface area contributed by atoms with Gasteiger partial charge in [0, 0.05) is 37.6 Å². The summed E-state index contributed by atoms with van der Waals surface area (Å²) in [5, 5.41) is 8.06. The molecule has 1 aliphatic rings. The molecule has 3 amide bonds. The fourth-order valence-electron chi connectivity index (χ4n) is 3.21. The van der Waals surface area contributed by atoms with E-state index in [1.807, 2.05) is 56.3 Å². The first-order valence-corrected chi connectivity index (χ1v) is 9.08. The highest BCUT2D eigenvalue weighted by atomic mass is 16.2. The van der Waals surface area contributed by atoms with Crippen molar-refractivity contribution in [3.8, 4) is 0 Å². The van der Waals surface area contributed by atoms with Gasteiger partial charge in [0.15, 0.2) is 0 Å². The number of nitrogens with one attached hydrogen (secondary N) is 2. The monoisotopic (exact) mass is 354 g/mol. The molecule has 2 aromatic carbocycles. The molecule has 0 aliphatic carbocycles. The van der Waals surface area contributed by atoms with Crippen LogP contribution in [0.2, 0.25) is 0 Å². The third-order valence-corrected chi connectivity index (χ3v) is 4.51. The molecule has 1 saturated heterocycles. The van der Waals surface area contributed by atoms with Gasteiger partial charge in [-0.25, -0.2) is 4.79 Å². The first-order chi connectivity index (χ1) is 12.5. The van der Waals surface area contributed by atoms with Crippen molar-refractivity contribution in [2.45, 2.75) is 19.9 Å². The summed E-state index contributed by atoms with van der Waals surface area (Å²) in [5.41, 5.74) is 0.826. The number of benzene rings is 2. The molecule has 0 radical (unpaired) electrons. The first kappa shape index (κ1) is 18.2. The summed E-state index contributed by atoms with van der Waals surface area (Å²) in [5.74, 6) is 0.0358. The number of piperazine rings is 1. The van der Waals surface area contributed by atoms with Crippen LogP contribution in [-0.4, -0.2) is 60.5 Å². The molecule has 0 unspecified atom stereocenters. The predicted octanol–water partition coefficient (Wildman–Crippen LogP) is 2.51. The van der Waals surface area contributed by atoms with Crippen LogP contribution in [0.5, 0.6) is 0 Å². The standard InChI is InChI=1S/C20H26N4O2/c1-15(2)21-19(25)14-23-10-12-24(13-11-23)20(26)22-18-9-5-7-16-6-3-4-8-17(16)18/h3-9,15H,10-14H2,1-2H3,(H,21,25)(H,22,26). The van der Waals surface area contributed by atoms with Gasteiger partial charge in [0.1, 0.15) is 0 Å². The summed E-state index contributed by atoms with van der Waals surface area (Å²) >= 11 is 0. The Bertz CT molecular complexity index is 777. The highest BCUT2D eigenvalue weighted by Crippen LogP contribution is 2.23. The van der Waals surface area contributed by atoms with Crippen LogP contribution in [0, 0.1) is 0 Å². The van der Waals surface area contributed by atoms with Crippen molar-refractivity contribution in [1.82, 2.24) is 15.1 Å². The number of amides is 3. The lowest BCUT2D eigenvalue weighted by Crippen LogP contribution is -2.52. The van der Waals surface area contributed by atoms with E-state index in [-0.39, 0.29) is 18.0 Å². The SMILES string of the molecule is CC(C)NC(=O)CN1CCN(C(=O)Nc2cccc3ccccc23)CC1. The van der Waals surface area contributed by atoms with Crippen molar-refractivity contribution in [3.05, 3.63) is 42.5 Å². The zero-order valence-corrected chi connectivity index (χ0v) is 15.4. The number of carbonyl (C=O) groups is 2. The normalized spacial score (nSPS) is 15.3. The van der Waals surface area contributed by atoms with Crippen molar-refractivity contribution >= 4 is 28.4 Å². The van der Waals surface area contributed by atoms with Crippen LogP contribution in [0.1, 0.15) is 13.8 Å². The topological polar surface area (TPSA) is 64.7 Å². The van der Waals surface area contributed by atoms with Gasteiger partial charge in [-0.2, -0.15) is 0 Å². The summed E-state index contributed by atoms with van der Waals surface area (Å²) in [7, 11) is 0. The Kier molecular flexibility index (Phi) is 5.73. The fraction of sp³-hybridized carbons (Fsp3) is 0.400. The van der Waals surface area contributed by atoms with E-state index < -0.39 is 0 Å². The van der Waals surface area contributed by atoms with Gasteiger partial charge in [-0.1, -0.05) is 36.4 Å². The summed E-state index contributed by atoms with van der Waals surface area (Å²) in [6, 6.07) is 14.0. The number of urea groups is 1. The summed E-state index contributed by atoms with van der Waals surface area (Å²) in [6.07, 6.45) is 0.